The van der Waals surface area contributed by atoms with Crippen molar-refractivity contribution in [3.05, 3.63) is 29.8 Å². The monoisotopic (exact) mass is 310 g/mol. The fourth-order valence-corrected chi connectivity index (χ4v) is 1.21. The minimum Gasteiger partial charge on any atom is -0.491 e. The number of ether oxygens (including phenoxy) is 1. The van der Waals surface area contributed by atoms with Crippen LogP contribution in [-0.4, -0.2) is 18.3 Å². The Balaban J connectivity index is 0.00000144. The third-order valence-electron chi connectivity index (χ3n) is 1.44. The molecular weight excluding hydrogens is 300 g/mol. The van der Waals surface area contributed by atoms with Crippen LogP contribution >= 0.6 is 32.9 Å². The summed E-state index contributed by atoms with van der Waals surface area (Å²) in [5, 5.41) is 9.35. The van der Waals surface area contributed by atoms with Crippen LogP contribution in [0.1, 0.15) is 5.56 Å². The van der Waals surface area contributed by atoms with Crippen LogP contribution < -0.4 is 4.74 Å². The van der Waals surface area contributed by atoms with Crippen LogP contribution in [0.15, 0.2) is 24.3 Å². The number of hydrogen-bond donors (Lipinski definition) is 1. The molecule has 1 rings (SSSR count). The van der Waals surface area contributed by atoms with Gasteiger partial charge in [0.25, 0.3) is 0 Å². The molecule has 0 spiro atoms. The molecule has 0 aromatic heterocycles. The molecule has 0 saturated carbocycles. The number of aliphatic hydroxyl groups excluding tert-OH is 1. The summed E-state index contributed by atoms with van der Waals surface area (Å²) in [5.41, 5.74) is 1.21. The molecule has 0 unspecified atom stereocenters. The van der Waals surface area contributed by atoms with E-state index in [2.05, 4.69) is 15.9 Å². The predicted molar refractivity (Wildman–Crippen MR) is 62.0 cm³/mol. The molecule has 0 fully saturated rings. The first kappa shape index (κ1) is 12.9. The molecule has 0 aliphatic heterocycles. The van der Waals surface area contributed by atoms with Crippen molar-refractivity contribution in [2.45, 2.75) is 5.33 Å². The summed E-state index contributed by atoms with van der Waals surface area (Å²) in [6.07, 6.45) is 0. The van der Waals surface area contributed by atoms with E-state index in [1.54, 1.807) is 0 Å². The van der Waals surface area contributed by atoms with E-state index < -0.39 is 0 Å². The first-order chi connectivity index (χ1) is 5.86. The molecule has 0 atom stereocenters. The third kappa shape index (κ3) is 4.64. The van der Waals surface area contributed by atoms with Crippen LogP contribution in [0.5, 0.6) is 5.75 Å². The second-order valence-corrected chi connectivity index (χ2v) is 2.91. The predicted octanol–water partition coefficient (Wildman–Crippen LogP) is 2.53. The van der Waals surface area contributed by atoms with Gasteiger partial charge in [-0.15, -0.1) is 17.0 Å². The van der Waals surface area contributed by atoms with Crippen LogP contribution in [-0.2, 0) is 5.33 Å². The topological polar surface area (TPSA) is 29.5 Å². The van der Waals surface area contributed by atoms with E-state index in [0.29, 0.717) is 6.61 Å². The molecule has 0 aliphatic rings. The van der Waals surface area contributed by atoms with Crippen LogP contribution in [0.4, 0.5) is 0 Å². The molecule has 1 aromatic carbocycles. The van der Waals surface area contributed by atoms with Gasteiger partial charge in [0.15, 0.2) is 0 Å². The zero-order chi connectivity index (χ0) is 8.81. The van der Waals surface area contributed by atoms with E-state index in [-0.39, 0.29) is 23.6 Å². The van der Waals surface area contributed by atoms with Crippen LogP contribution in [0.25, 0.3) is 0 Å². The standard InChI is InChI=1S/C9H11BrO2.BrH/c10-7-8-1-3-9(4-2-8)12-6-5-11;/h1-4,11H,5-7H2;1H. The normalized spacial score (nSPS) is 9.08. The summed E-state index contributed by atoms with van der Waals surface area (Å²) in [6, 6.07) is 7.77. The lowest BCUT2D eigenvalue weighted by atomic mass is 10.2. The van der Waals surface area contributed by atoms with Crippen molar-refractivity contribution in [1.82, 2.24) is 0 Å². The van der Waals surface area contributed by atoms with Gasteiger partial charge in [0.1, 0.15) is 12.4 Å². The highest BCUT2D eigenvalue weighted by molar-refractivity contribution is 9.08. The fraction of sp³-hybridized carbons (Fsp3) is 0.333. The van der Waals surface area contributed by atoms with E-state index in [4.69, 9.17) is 9.84 Å². The largest absolute Gasteiger partial charge is 0.491 e. The average molecular weight is 312 g/mol. The molecule has 13 heavy (non-hydrogen) atoms. The second kappa shape index (κ2) is 7.35. The summed E-state index contributed by atoms with van der Waals surface area (Å²) in [5.74, 6) is 0.800. The third-order valence-corrected chi connectivity index (χ3v) is 2.09. The molecule has 2 nitrogen and oxygen atoms in total. The molecular formula is C9H12Br2O2. The number of alkyl halides is 1. The highest BCUT2D eigenvalue weighted by Gasteiger charge is 1.92. The van der Waals surface area contributed by atoms with Crippen molar-refractivity contribution in [3.63, 3.8) is 0 Å². The van der Waals surface area contributed by atoms with Crippen LogP contribution in [0.2, 0.25) is 0 Å². The minimum absolute atomic E-state index is 0. The van der Waals surface area contributed by atoms with E-state index >= 15 is 0 Å². The van der Waals surface area contributed by atoms with Gasteiger partial charge in [-0.25, -0.2) is 0 Å². The molecule has 4 heteroatoms. The Morgan fingerprint density at radius 2 is 1.85 bits per heavy atom. The summed E-state index contributed by atoms with van der Waals surface area (Å²) < 4.78 is 5.19. The van der Waals surface area contributed by atoms with Gasteiger partial charge in [-0.05, 0) is 17.7 Å². The minimum atomic E-state index is 0. The number of halogens is 2. The molecule has 1 N–H and O–H groups in total. The van der Waals surface area contributed by atoms with Crippen LogP contribution in [0, 0.1) is 0 Å². The first-order valence-electron chi connectivity index (χ1n) is 3.75. The summed E-state index contributed by atoms with van der Waals surface area (Å²) in [7, 11) is 0. The van der Waals surface area contributed by atoms with Crippen molar-refractivity contribution < 1.29 is 9.84 Å². The maximum Gasteiger partial charge on any atom is 0.119 e. The SMILES string of the molecule is Br.OCCOc1ccc(CBr)cc1. The summed E-state index contributed by atoms with van der Waals surface area (Å²) in [4.78, 5) is 0. The molecule has 74 valence electrons. The van der Waals surface area contributed by atoms with Gasteiger partial charge in [0, 0.05) is 5.33 Å². The van der Waals surface area contributed by atoms with Gasteiger partial charge in [0.2, 0.25) is 0 Å². The Labute approximate surface area is 96.8 Å². The van der Waals surface area contributed by atoms with E-state index in [0.717, 1.165) is 11.1 Å². The zero-order valence-electron chi connectivity index (χ0n) is 7.07. The molecule has 0 radical (unpaired) electrons. The van der Waals surface area contributed by atoms with E-state index in [1.165, 1.54) is 5.56 Å². The van der Waals surface area contributed by atoms with Crippen molar-refractivity contribution >= 4 is 32.9 Å². The summed E-state index contributed by atoms with van der Waals surface area (Å²) in [6.45, 7) is 0.411. The van der Waals surface area contributed by atoms with Gasteiger partial charge in [-0.2, -0.15) is 0 Å². The number of aliphatic hydroxyl groups is 1. The van der Waals surface area contributed by atoms with Crippen molar-refractivity contribution in [3.8, 4) is 5.75 Å². The Bertz CT molecular complexity index is 224. The second-order valence-electron chi connectivity index (χ2n) is 2.35. The quantitative estimate of drug-likeness (QED) is 0.866. The molecule has 0 aliphatic carbocycles. The van der Waals surface area contributed by atoms with Gasteiger partial charge < -0.3 is 9.84 Å². The molecule has 0 saturated heterocycles. The first-order valence-corrected chi connectivity index (χ1v) is 4.87. The van der Waals surface area contributed by atoms with Crippen molar-refractivity contribution in [1.29, 1.82) is 0 Å². The van der Waals surface area contributed by atoms with Gasteiger partial charge in [0.05, 0.1) is 6.61 Å². The maximum absolute atomic E-state index is 8.50. The van der Waals surface area contributed by atoms with Crippen molar-refractivity contribution in [2.24, 2.45) is 0 Å². The molecule has 1 aromatic rings. The highest BCUT2D eigenvalue weighted by Crippen LogP contribution is 2.13. The number of rotatable bonds is 4. The van der Waals surface area contributed by atoms with Crippen LogP contribution in [0.3, 0.4) is 0 Å². The van der Waals surface area contributed by atoms with E-state index in [1.807, 2.05) is 24.3 Å². The van der Waals surface area contributed by atoms with E-state index in [9.17, 15) is 0 Å². The molecule has 0 amide bonds. The van der Waals surface area contributed by atoms with Crippen molar-refractivity contribution in [2.75, 3.05) is 13.2 Å². The zero-order valence-corrected chi connectivity index (χ0v) is 10.4. The number of hydrogen-bond acceptors (Lipinski definition) is 2. The van der Waals surface area contributed by atoms with Gasteiger partial charge in [-0.3, -0.25) is 0 Å². The Morgan fingerprint density at radius 1 is 1.23 bits per heavy atom. The molecule has 0 bridgehead atoms. The molecule has 0 heterocycles. The smallest absolute Gasteiger partial charge is 0.119 e. The average Bonchev–Trinajstić information content (AvgIpc) is 2.15. The lowest BCUT2D eigenvalue weighted by molar-refractivity contribution is 0.201. The lowest BCUT2D eigenvalue weighted by Crippen LogP contribution is -2.01. The Morgan fingerprint density at radius 3 is 2.31 bits per heavy atom. The Kier molecular flexibility index (Phi) is 7.32. The van der Waals surface area contributed by atoms with Gasteiger partial charge in [-0.1, -0.05) is 28.1 Å². The maximum atomic E-state index is 8.50. The number of benzene rings is 1. The van der Waals surface area contributed by atoms with Gasteiger partial charge >= 0.3 is 0 Å². The Hall–Kier alpha value is -0.0600. The fourth-order valence-electron chi connectivity index (χ4n) is 0.838. The lowest BCUT2D eigenvalue weighted by Gasteiger charge is -2.03. The summed E-state index contributed by atoms with van der Waals surface area (Å²) >= 11 is 3.35. The highest BCUT2D eigenvalue weighted by atomic mass is 79.9.